The van der Waals surface area contributed by atoms with Crippen LogP contribution in [0.4, 0.5) is 16.2 Å². The number of hydrazine groups is 1. The molecule has 2 aromatic rings. The van der Waals surface area contributed by atoms with Gasteiger partial charge >= 0.3 is 6.03 Å². The monoisotopic (exact) mass is 371 g/mol. The average Bonchev–Trinajstić information content (AvgIpc) is 2.66. The summed E-state index contributed by atoms with van der Waals surface area (Å²) in [5.41, 5.74) is 4.60. The van der Waals surface area contributed by atoms with E-state index in [9.17, 15) is 24.5 Å². The molecule has 27 heavy (non-hydrogen) atoms. The van der Waals surface area contributed by atoms with Crippen molar-refractivity contribution in [2.45, 2.75) is 13.0 Å². The van der Waals surface area contributed by atoms with Crippen LogP contribution in [-0.4, -0.2) is 28.8 Å². The van der Waals surface area contributed by atoms with Gasteiger partial charge in [-0.05, 0) is 25.1 Å². The Morgan fingerprint density at radius 3 is 2.37 bits per heavy atom. The van der Waals surface area contributed by atoms with E-state index in [0.717, 1.165) is 6.07 Å². The van der Waals surface area contributed by atoms with Gasteiger partial charge in [0.05, 0.1) is 4.92 Å². The number of nitrogens with one attached hydrogen (secondary N) is 4. The van der Waals surface area contributed by atoms with E-state index in [2.05, 4.69) is 21.5 Å². The molecule has 1 unspecified atom stereocenters. The molecule has 4 amide bonds. The number of carbonyl (C=O) groups excluding carboxylic acids is 3. The van der Waals surface area contributed by atoms with Crippen LogP contribution in [0.2, 0.25) is 0 Å². The minimum Gasteiger partial charge on any atom is -0.326 e. The Hall–Kier alpha value is -3.95. The van der Waals surface area contributed by atoms with Crippen LogP contribution < -0.4 is 21.5 Å². The van der Waals surface area contributed by atoms with Crippen molar-refractivity contribution >= 4 is 29.2 Å². The van der Waals surface area contributed by atoms with Crippen molar-refractivity contribution in [3.63, 3.8) is 0 Å². The van der Waals surface area contributed by atoms with E-state index < -0.39 is 28.8 Å². The number of carbonyl (C=O) groups is 3. The van der Waals surface area contributed by atoms with Crippen molar-refractivity contribution in [2.75, 3.05) is 5.32 Å². The number of anilines is 1. The van der Waals surface area contributed by atoms with Gasteiger partial charge in [-0.25, -0.2) is 4.79 Å². The molecule has 0 spiro atoms. The molecule has 2 aromatic carbocycles. The third kappa shape index (κ3) is 5.81. The molecule has 0 aliphatic carbocycles. The van der Waals surface area contributed by atoms with Gasteiger partial charge < -0.3 is 10.6 Å². The van der Waals surface area contributed by atoms with E-state index in [-0.39, 0.29) is 11.3 Å². The molecule has 0 bridgehead atoms. The maximum absolute atomic E-state index is 12.0. The lowest BCUT2D eigenvalue weighted by Gasteiger charge is -2.15. The average molecular weight is 371 g/mol. The lowest BCUT2D eigenvalue weighted by Crippen LogP contribution is -2.51. The number of urea groups is 1. The van der Waals surface area contributed by atoms with E-state index in [4.69, 9.17) is 0 Å². The topological polar surface area (TPSA) is 142 Å². The first kappa shape index (κ1) is 19.4. The van der Waals surface area contributed by atoms with Gasteiger partial charge in [0.15, 0.2) is 0 Å². The van der Waals surface area contributed by atoms with Crippen LogP contribution in [0.1, 0.15) is 17.3 Å². The van der Waals surface area contributed by atoms with E-state index >= 15 is 0 Å². The molecule has 0 radical (unpaired) electrons. The van der Waals surface area contributed by atoms with Crippen LogP contribution in [0, 0.1) is 10.1 Å². The third-order valence-electron chi connectivity index (χ3n) is 3.39. The van der Waals surface area contributed by atoms with Gasteiger partial charge in [0, 0.05) is 23.4 Å². The van der Waals surface area contributed by atoms with Gasteiger partial charge in [0.25, 0.3) is 17.5 Å². The molecule has 2 rings (SSSR count). The fourth-order valence-electron chi connectivity index (χ4n) is 2.01. The largest absolute Gasteiger partial charge is 0.326 e. The standard InChI is InChI=1S/C17H17N5O5/c1-11(18-17(25)19-13-7-3-2-4-8-13)15(23)20-21-16(24)12-6-5-9-14(10-12)22(26)27/h2-11H,1H3,(H,20,23)(H,21,24)(H2,18,19,25). The summed E-state index contributed by atoms with van der Waals surface area (Å²) in [5.74, 6) is -1.40. The van der Waals surface area contributed by atoms with E-state index in [1.165, 1.54) is 25.1 Å². The van der Waals surface area contributed by atoms with Crippen LogP contribution in [0.25, 0.3) is 0 Å². The predicted molar refractivity (Wildman–Crippen MR) is 96.8 cm³/mol. The highest BCUT2D eigenvalue weighted by atomic mass is 16.6. The first-order chi connectivity index (χ1) is 12.9. The Bertz CT molecular complexity index is 856. The highest BCUT2D eigenvalue weighted by Crippen LogP contribution is 2.12. The lowest BCUT2D eigenvalue weighted by atomic mass is 10.2. The van der Waals surface area contributed by atoms with Crippen molar-refractivity contribution in [2.24, 2.45) is 0 Å². The van der Waals surface area contributed by atoms with E-state index in [1.54, 1.807) is 30.3 Å². The molecular formula is C17H17N5O5. The van der Waals surface area contributed by atoms with Gasteiger partial charge in [0.1, 0.15) is 6.04 Å². The summed E-state index contributed by atoms with van der Waals surface area (Å²) in [4.78, 5) is 45.9. The number of nitro benzene ring substituents is 1. The number of non-ortho nitro benzene ring substituents is 1. The minimum absolute atomic E-state index is 0.00642. The quantitative estimate of drug-likeness (QED) is 0.466. The van der Waals surface area contributed by atoms with Crippen molar-refractivity contribution in [3.05, 3.63) is 70.3 Å². The molecule has 0 aliphatic heterocycles. The summed E-state index contributed by atoms with van der Waals surface area (Å²) in [6, 6.07) is 12.2. The maximum Gasteiger partial charge on any atom is 0.319 e. The molecule has 0 heterocycles. The lowest BCUT2D eigenvalue weighted by molar-refractivity contribution is -0.384. The Morgan fingerprint density at radius 2 is 1.70 bits per heavy atom. The minimum atomic E-state index is -0.945. The van der Waals surface area contributed by atoms with Crippen molar-refractivity contribution in [1.29, 1.82) is 0 Å². The molecular weight excluding hydrogens is 354 g/mol. The molecule has 1 atom stereocenters. The maximum atomic E-state index is 12.0. The number of nitrogens with zero attached hydrogens (tertiary/aromatic N) is 1. The second-order valence-corrected chi connectivity index (χ2v) is 5.44. The molecule has 10 heteroatoms. The molecule has 0 aliphatic rings. The van der Waals surface area contributed by atoms with Crippen LogP contribution in [0.3, 0.4) is 0 Å². The zero-order chi connectivity index (χ0) is 19.8. The van der Waals surface area contributed by atoms with Gasteiger partial charge in [-0.1, -0.05) is 24.3 Å². The van der Waals surface area contributed by atoms with Gasteiger partial charge in [-0.15, -0.1) is 0 Å². The van der Waals surface area contributed by atoms with Crippen LogP contribution in [-0.2, 0) is 4.79 Å². The summed E-state index contributed by atoms with van der Waals surface area (Å²) < 4.78 is 0. The molecule has 4 N–H and O–H groups in total. The number of nitro groups is 1. The Kier molecular flexibility index (Phi) is 6.42. The molecule has 0 saturated heterocycles. The second-order valence-electron chi connectivity index (χ2n) is 5.44. The summed E-state index contributed by atoms with van der Waals surface area (Å²) in [7, 11) is 0. The molecule has 10 nitrogen and oxygen atoms in total. The zero-order valence-corrected chi connectivity index (χ0v) is 14.3. The van der Waals surface area contributed by atoms with Gasteiger partial charge in [0.2, 0.25) is 0 Å². The number of rotatable bonds is 5. The summed E-state index contributed by atoms with van der Waals surface area (Å²) in [6.45, 7) is 1.43. The van der Waals surface area contributed by atoms with Crippen molar-refractivity contribution in [3.8, 4) is 0 Å². The number of benzene rings is 2. The second kappa shape index (κ2) is 8.94. The fourth-order valence-corrected chi connectivity index (χ4v) is 2.01. The number of hydrogen-bond acceptors (Lipinski definition) is 5. The van der Waals surface area contributed by atoms with E-state index in [1.807, 2.05) is 0 Å². The zero-order valence-electron chi connectivity index (χ0n) is 14.3. The Labute approximate surface area is 154 Å². The highest BCUT2D eigenvalue weighted by Gasteiger charge is 2.17. The van der Waals surface area contributed by atoms with Crippen LogP contribution in [0.15, 0.2) is 54.6 Å². The molecule has 0 aromatic heterocycles. The van der Waals surface area contributed by atoms with Crippen LogP contribution in [0.5, 0.6) is 0 Å². The number of para-hydroxylation sites is 1. The van der Waals surface area contributed by atoms with Crippen molar-refractivity contribution in [1.82, 2.24) is 16.2 Å². The number of hydrogen-bond donors (Lipinski definition) is 4. The summed E-state index contributed by atoms with van der Waals surface area (Å²) in [5, 5.41) is 15.7. The fraction of sp³-hybridized carbons (Fsp3) is 0.118. The Balaban J connectivity index is 1.83. The summed E-state index contributed by atoms with van der Waals surface area (Å²) in [6.07, 6.45) is 0. The Morgan fingerprint density at radius 1 is 1.00 bits per heavy atom. The first-order valence-corrected chi connectivity index (χ1v) is 7.84. The van der Waals surface area contributed by atoms with Gasteiger partial charge in [-0.3, -0.25) is 30.6 Å². The SMILES string of the molecule is CC(NC(=O)Nc1ccccc1)C(=O)NNC(=O)c1cccc([N+](=O)[O-])c1. The number of amides is 4. The normalized spacial score (nSPS) is 11.0. The highest BCUT2D eigenvalue weighted by molar-refractivity contribution is 5.97. The first-order valence-electron chi connectivity index (χ1n) is 7.84. The van der Waals surface area contributed by atoms with Crippen molar-refractivity contribution < 1.29 is 19.3 Å². The molecule has 0 saturated carbocycles. The van der Waals surface area contributed by atoms with Gasteiger partial charge in [-0.2, -0.15) is 0 Å². The predicted octanol–water partition coefficient (Wildman–Crippen LogP) is 1.57. The smallest absolute Gasteiger partial charge is 0.319 e. The molecule has 140 valence electrons. The van der Waals surface area contributed by atoms with E-state index in [0.29, 0.717) is 5.69 Å². The summed E-state index contributed by atoms with van der Waals surface area (Å²) >= 11 is 0. The third-order valence-corrected chi connectivity index (χ3v) is 3.39. The van der Waals surface area contributed by atoms with Crippen LogP contribution >= 0.6 is 0 Å². The molecule has 0 fully saturated rings.